The summed E-state index contributed by atoms with van der Waals surface area (Å²) in [7, 11) is 0. The van der Waals surface area contributed by atoms with Gasteiger partial charge in [-0.15, -0.1) is 0 Å². The van der Waals surface area contributed by atoms with Crippen molar-refractivity contribution in [3.8, 4) is 39.6 Å². The molecule has 4 heterocycles. The van der Waals surface area contributed by atoms with Gasteiger partial charge in [-0.05, 0) is 162 Å². The molecule has 0 amide bonds. The smallest absolute Gasteiger partial charge is 0.222 e. The number of benzene rings is 7. The van der Waals surface area contributed by atoms with Crippen LogP contribution in [0.1, 0.15) is 43.2 Å². The number of imidazole rings is 1. The Morgan fingerprint density at radius 1 is 0.413 bits per heavy atom. The van der Waals surface area contributed by atoms with Crippen LogP contribution in [0.15, 0.2) is 176 Å². The lowest BCUT2D eigenvalue weighted by Gasteiger charge is -2.61. The Balaban J connectivity index is 0.895. The van der Waals surface area contributed by atoms with Gasteiger partial charge in [0.05, 0.1) is 27.6 Å². The molecule has 0 aliphatic heterocycles. The van der Waals surface area contributed by atoms with E-state index in [1.54, 1.807) is 11.1 Å². The van der Waals surface area contributed by atoms with E-state index in [0.29, 0.717) is 0 Å². The van der Waals surface area contributed by atoms with Crippen LogP contribution in [0.2, 0.25) is 0 Å². The van der Waals surface area contributed by atoms with Crippen LogP contribution in [0.4, 0.5) is 0 Å². The van der Waals surface area contributed by atoms with E-state index in [2.05, 4.69) is 177 Å². The lowest BCUT2D eigenvalue weighted by molar-refractivity contribution is -0.0399. The van der Waals surface area contributed by atoms with E-state index in [-0.39, 0.29) is 5.41 Å². The van der Waals surface area contributed by atoms with Crippen LogP contribution in [0.5, 0.6) is 0 Å². The zero-order chi connectivity index (χ0) is 41.0. The number of hydrogen-bond acceptors (Lipinski definition) is 2. The number of aromatic nitrogens is 5. The summed E-state index contributed by atoms with van der Waals surface area (Å²) in [5.41, 5.74) is 17.5. The Bertz CT molecular complexity index is 3690. The van der Waals surface area contributed by atoms with E-state index in [9.17, 15) is 0 Å². The van der Waals surface area contributed by atoms with Crippen LogP contribution in [0.3, 0.4) is 0 Å². The van der Waals surface area contributed by atoms with Crippen LogP contribution in [-0.4, -0.2) is 23.7 Å². The lowest BCUT2D eigenvalue weighted by Crippen LogP contribution is -2.55. The van der Waals surface area contributed by atoms with Gasteiger partial charge in [0.15, 0.2) is 5.65 Å². The Labute approximate surface area is 364 Å². The standard InChI is InChI=1S/C58H43N5/c1-2-11-41(12-3-1)62-55-19-10-26-59-56(55)60-57(62)63-52-18-9-6-15-46(52)48-33-38(21-25-54(48)63)37-20-24-53-47(32-37)45-14-5-8-17-51(45)61(53)42-22-23-44-43-13-4-7-16-49(43)58(50(44)34-42)39-28-35-27-36(30-39)31-40(58)29-35/h1-26,32-36,39-40H,27-31H2. The van der Waals surface area contributed by atoms with Crippen molar-refractivity contribution in [1.29, 1.82) is 0 Å². The monoisotopic (exact) mass is 809 g/mol. The summed E-state index contributed by atoms with van der Waals surface area (Å²) in [5.74, 6) is 4.14. The Hall–Kier alpha value is -7.24. The Morgan fingerprint density at radius 3 is 1.73 bits per heavy atom. The minimum absolute atomic E-state index is 0.133. The van der Waals surface area contributed by atoms with Gasteiger partial charge in [0.25, 0.3) is 0 Å². The van der Waals surface area contributed by atoms with Gasteiger partial charge in [0.1, 0.15) is 0 Å². The molecule has 63 heavy (non-hydrogen) atoms. The maximum Gasteiger partial charge on any atom is 0.222 e. The molecule has 0 atom stereocenters. The largest absolute Gasteiger partial charge is 0.309 e. The highest BCUT2D eigenvalue weighted by atomic mass is 15.3. The van der Waals surface area contributed by atoms with Crippen LogP contribution in [-0.2, 0) is 5.41 Å². The second-order valence-electron chi connectivity index (χ2n) is 19.0. The minimum atomic E-state index is 0.133. The lowest BCUT2D eigenvalue weighted by atomic mass is 9.43. The average Bonchev–Trinajstić information content (AvgIpc) is 4.06. The van der Waals surface area contributed by atoms with Crippen molar-refractivity contribution in [2.24, 2.45) is 23.7 Å². The first-order valence-electron chi connectivity index (χ1n) is 22.9. The molecule has 5 nitrogen and oxygen atoms in total. The summed E-state index contributed by atoms with van der Waals surface area (Å²) in [6, 6.07) is 63.4. The molecule has 5 aliphatic rings. The molecule has 0 N–H and O–H groups in total. The van der Waals surface area contributed by atoms with Gasteiger partial charge < -0.3 is 4.57 Å². The van der Waals surface area contributed by atoms with Crippen LogP contribution in [0, 0.1) is 23.7 Å². The molecule has 1 spiro atoms. The van der Waals surface area contributed by atoms with Gasteiger partial charge in [-0.3, -0.25) is 9.13 Å². The van der Waals surface area contributed by atoms with E-state index < -0.39 is 0 Å². The first-order chi connectivity index (χ1) is 31.2. The molecule has 11 aromatic rings. The molecular formula is C58H43N5. The molecule has 4 bridgehead atoms. The Kier molecular flexibility index (Phi) is 6.79. The first kappa shape index (κ1) is 34.4. The summed E-state index contributed by atoms with van der Waals surface area (Å²) in [6.07, 6.45) is 8.85. The molecule has 5 heteroatoms. The number of fused-ring (bicyclic) bond motifs is 10. The number of nitrogens with zero attached hydrogens (tertiary/aromatic N) is 5. The molecule has 0 unspecified atom stereocenters. The third-order valence-electron chi connectivity index (χ3n) is 16.1. The summed E-state index contributed by atoms with van der Waals surface area (Å²) in [6.45, 7) is 0. The van der Waals surface area contributed by atoms with E-state index in [4.69, 9.17) is 9.97 Å². The fraction of sp³-hybridized carbons (Fsp3) is 0.172. The average molecular weight is 810 g/mol. The molecule has 7 aromatic carbocycles. The maximum absolute atomic E-state index is 5.19. The third-order valence-corrected chi connectivity index (χ3v) is 16.1. The fourth-order valence-corrected chi connectivity index (χ4v) is 14.0. The zero-order valence-corrected chi connectivity index (χ0v) is 34.8. The van der Waals surface area contributed by atoms with E-state index in [0.717, 1.165) is 57.5 Å². The van der Waals surface area contributed by atoms with Crippen molar-refractivity contribution in [2.75, 3.05) is 0 Å². The van der Waals surface area contributed by atoms with Crippen molar-refractivity contribution in [2.45, 2.75) is 37.5 Å². The highest BCUT2D eigenvalue weighted by Gasteiger charge is 2.61. The molecule has 4 fully saturated rings. The molecule has 5 aliphatic carbocycles. The van der Waals surface area contributed by atoms with E-state index in [1.807, 2.05) is 12.3 Å². The molecule has 0 radical (unpaired) electrons. The van der Waals surface area contributed by atoms with Crippen molar-refractivity contribution in [1.82, 2.24) is 23.7 Å². The minimum Gasteiger partial charge on any atom is -0.309 e. The topological polar surface area (TPSA) is 40.6 Å². The molecular weight excluding hydrogens is 767 g/mol. The van der Waals surface area contributed by atoms with Crippen LogP contribution in [0.25, 0.3) is 94.4 Å². The van der Waals surface area contributed by atoms with Crippen molar-refractivity contribution in [3.05, 3.63) is 187 Å². The number of pyridine rings is 1. The van der Waals surface area contributed by atoms with Gasteiger partial charge in [0, 0.05) is 44.5 Å². The van der Waals surface area contributed by atoms with Gasteiger partial charge in [0.2, 0.25) is 5.95 Å². The second kappa shape index (κ2) is 12.4. The fourth-order valence-electron chi connectivity index (χ4n) is 14.0. The molecule has 0 saturated heterocycles. The van der Waals surface area contributed by atoms with Gasteiger partial charge in [-0.1, -0.05) is 97.1 Å². The number of rotatable bonds is 4. The second-order valence-corrected chi connectivity index (χ2v) is 19.0. The van der Waals surface area contributed by atoms with Gasteiger partial charge >= 0.3 is 0 Å². The maximum atomic E-state index is 5.19. The van der Waals surface area contributed by atoms with Crippen molar-refractivity contribution in [3.63, 3.8) is 0 Å². The zero-order valence-electron chi connectivity index (χ0n) is 34.8. The van der Waals surface area contributed by atoms with E-state index in [1.165, 1.54) is 92.6 Å². The molecule has 16 rings (SSSR count). The SMILES string of the molecule is c1ccc(-n2c(-n3c4ccccc4c4cc(-c5ccc6c(c5)c5ccccc5n6-c5ccc6c(c5)C5(c7ccccc7-6)C6CC7CC(C6)CC5C7)ccc43)nc3ncccc32)cc1. The summed E-state index contributed by atoms with van der Waals surface area (Å²) in [4.78, 5) is 9.88. The van der Waals surface area contributed by atoms with Crippen LogP contribution < -0.4 is 0 Å². The molecule has 4 aromatic heterocycles. The highest BCUT2D eigenvalue weighted by molar-refractivity contribution is 6.13. The first-order valence-corrected chi connectivity index (χ1v) is 22.9. The predicted molar refractivity (Wildman–Crippen MR) is 256 cm³/mol. The quantitative estimate of drug-likeness (QED) is 0.178. The summed E-state index contributed by atoms with van der Waals surface area (Å²) < 4.78 is 7.09. The van der Waals surface area contributed by atoms with Gasteiger partial charge in [-0.2, -0.15) is 4.98 Å². The van der Waals surface area contributed by atoms with Crippen molar-refractivity contribution >= 4 is 54.8 Å². The predicted octanol–water partition coefficient (Wildman–Crippen LogP) is 14.0. The third kappa shape index (κ3) is 4.51. The summed E-state index contributed by atoms with van der Waals surface area (Å²) in [5, 5.41) is 4.96. The Morgan fingerprint density at radius 2 is 1.00 bits per heavy atom. The molecule has 300 valence electrons. The van der Waals surface area contributed by atoms with E-state index >= 15 is 0 Å². The summed E-state index contributed by atoms with van der Waals surface area (Å²) >= 11 is 0. The van der Waals surface area contributed by atoms with Gasteiger partial charge in [-0.25, -0.2) is 4.98 Å². The normalized spacial score (nSPS) is 22.0. The highest BCUT2D eigenvalue weighted by Crippen LogP contribution is 2.69. The number of para-hydroxylation sites is 3. The van der Waals surface area contributed by atoms with Crippen LogP contribution >= 0.6 is 0 Å². The number of hydrogen-bond donors (Lipinski definition) is 0. The molecule has 4 saturated carbocycles. The van der Waals surface area contributed by atoms with Crippen molar-refractivity contribution < 1.29 is 0 Å².